The fraction of sp³-hybridized carbons (Fsp3) is 0.267. The second-order valence-corrected chi connectivity index (χ2v) is 4.83. The normalized spacial score (nSPS) is 12.2. The Morgan fingerprint density at radius 3 is 2.85 bits per heavy atom. The van der Waals surface area contributed by atoms with Crippen LogP contribution in [0.5, 0.6) is 5.75 Å². The number of rotatable bonds is 6. The van der Waals surface area contributed by atoms with Gasteiger partial charge in [0, 0.05) is 11.2 Å². The third kappa shape index (κ3) is 3.48. The molecule has 0 fully saturated rings. The standard InChI is InChI=1S/C15H18ClN3O/c1-2-7-20-12-8-11(9-18-10-12)15(19-17)13-5-3-4-6-14(13)16/h3-6,8-10,15,19H,2,7,17H2,1H3. The second kappa shape index (κ2) is 7.24. The van der Waals surface area contributed by atoms with Crippen molar-refractivity contribution >= 4 is 11.6 Å². The van der Waals surface area contributed by atoms with Gasteiger partial charge in [0.15, 0.2) is 0 Å². The second-order valence-electron chi connectivity index (χ2n) is 4.42. The first-order valence-corrected chi connectivity index (χ1v) is 6.92. The van der Waals surface area contributed by atoms with Crippen LogP contribution in [0.3, 0.4) is 0 Å². The summed E-state index contributed by atoms with van der Waals surface area (Å²) in [5.41, 5.74) is 4.60. The van der Waals surface area contributed by atoms with Gasteiger partial charge < -0.3 is 4.74 Å². The molecular formula is C15H18ClN3O. The lowest BCUT2D eigenvalue weighted by Crippen LogP contribution is -2.29. The van der Waals surface area contributed by atoms with Gasteiger partial charge in [-0.3, -0.25) is 10.8 Å². The molecule has 0 saturated heterocycles. The Kier molecular flexibility index (Phi) is 5.35. The molecule has 0 amide bonds. The number of aromatic nitrogens is 1. The molecule has 0 radical (unpaired) electrons. The van der Waals surface area contributed by atoms with Crippen LogP contribution in [0, 0.1) is 0 Å². The van der Waals surface area contributed by atoms with E-state index in [9.17, 15) is 0 Å². The molecule has 4 nitrogen and oxygen atoms in total. The van der Waals surface area contributed by atoms with Gasteiger partial charge in [-0.25, -0.2) is 5.43 Å². The first-order chi connectivity index (χ1) is 9.76. The van der Waals surface area contributed by atoms with Gasteiger partial charge in [-0.1, -0.05) is 36.7 Å². The van der Waals surface area contributed by atoms with Crippen molar-refractivity contribution in [2.75, 3.05) is 6.61 Å². The van der Waals surface area contributed by atoms with Gasteiger partial charge in [0.25, 0.3) is 0 Å². The Morgan fingerprint density at radius 1 is 1.35 bits per heavy atom. The van der Waals surface area contributed by atoms with E-state index in [2.05, 4.69) is 17.3 Å². The number of hydrogen-bond donors (Lipinski definition) is 2. The Labute approximate surface area is 123 Å². The third-order valence-corrected chi connectivity index (χ3v) is 3.27. The van der Waals surface area contributed by atoms with Gasteiger partial charge in [-0.15, -0.1) is 0 Å². The molecule has 106 valence electrons. The van der Waals surface area contributed by atoms with Gasteiger partial charge in [0.1, 0.15) is 5.75 Å². The lowest BCUT2D eigenvalue weighted by Gasteiger charge is -2.18. The smallest absolute Gasteiger partial charge is 0.137 e. The first-order valence-electron chi connectivity index (χ1n) is 6.54. The molecule has 5 heteroatoms. The van der Waals surface area contributed by atoms with Crippen LogP contribution in [-0.4, -0.2) is 11.6 Å². The number of pyridine rings is 1. The highest BCUT2D eigenvalue weighted by Gasteiger charge is 2.16. The Balaban J connectivity index is 2.30. The van der Waals surface area contributed by atoms with Gasteiger partial charge in [0.05, 0.1) is 18.8 Å². The Morgan fingerprint density at radius 2 is 2.15 bits per heavy atom. The Bertz CT molecular complexity index is 562. The van der Waals surface area contributed by atoms with Crippen LogP contribution in [0.15, 0.2) is 42.7 Å². The maximum atomic E-state index is 6.22. The van der Waals surface area contributed by atoms with E-state index in [-0.39, 0.29) is 6.04 Å². The molecule has 0 aliphatic rings. The van der Waals surface area contributed by atoms with E-state index < -0.39 is 0 Å². The third-order valence-electron chi connectivity index (χ3n) is 2.92. The number of nitrogens with one attached hydrogen (secondary N) is 1. The summed E-state index contributed by atoms with van der Waals surface area (Å²) < 4.78 is 5.59. The van der Waals surface area contributed by atoms with Crippen molar-refractivity contribution in [1.82, 2.24) is 10.4 Å². The van der Waals surface area contributed by atoms with E-state index in [1.807, 2.05) is 30.3 Å². The number of nitrogens with zero attached hydrogens (tertiary/aromatic N) is 1. The van der Waals surface area contributed by atoms with Gasteiger partial charge in [0.2, 0.25) is 0 Å². The SMILES string of the molecule is CCCOc1cncc(C(NN)c2ccccc2Cl)c1. The number of ether oxygens (including phenoxy) is 1. The predicted molar refractivity (Wildman–Crippen MR) is 80.6 cm³/mol. The van der Waals surface area contributed by atoms with Crippen LogP contribution in [0.1, 0.15) is 30.5 Å². The van der Waals surface area contributed by atoms with Crippen molar-refractivity contribution in [3.63, 3.8) is 0 Å². The van der Waals surface area contributed by atoms with Crippen molar-refractivity contribution in [3.05, 3.63) is 58.9 Å². The van der Waals surface area contributed by atoms with Crippen molar-refractivity contribution in [2.45, 2.75) is 19.4 Å². The quantitative estimate of drug-likeness (QED) is 0.634. The molecule has 0 spiro atoms. The summed E-state index contributed by atoms with van der Waals surface area (Å²) in [7, 11) is 0. The van der Waals surface area contributed by atoms with Crippen LogP contribution in [0.25, 0.3) is 0 Å². The van der Waals surface area contributed by atoms with E-state index in [4.69, 9.17) is 22.2 Å². The summed E-state index contributed by atoms with van der Waals surface area (Å²) in [5.74, 6) is 6.41. The molecule has 2 aromatic rings. The number of benzene rings is 1. The minimum atomic E-state index is -0.221. The summed E-state index contributed by atoms with van der Waals surface area (Å²) >= 11 is 6.22. The maximum absolute atomic E-state index is 6.22. The van der Waals surface area contributed by atoms with E-state index >= 15 is 0 Å². The minimum Gasteiger partial charge on any atom is -0.492 e. The Hall–Kier alpha value is -1.62. The molecule has 1 atom stereocenters. The minimum absolute atomic E-state index is 0.221. The zero-order chi connectivity index (χ0) is 14.4. The van der Waals surface area contributed by atoms with Crippen LogP contribution < -0.4 is 16.0 Å². The average Bonchev–Trinajstić information content (AvgIpc) is 2.48. The number of hydrazine groups is 1. The topological polar surface area (TPSA) is 60.2 Å². The summed E-state index contributed by atoms with van der Waals surface area (Å²) in [6.07, 6.45) is 4.40. The first kappa shape index (κ1) is 14.8. The van der Waals surface area contributed by atoms with E-state index in [1.54, 1.807) is 12.4 Å². The lowest BCUT2D eigenvalue weighted by atomic mass is 10.0. The number of halogens is 1. The molecule has 1 aromatic carbocycles. The summed E-state index contributed by atoms with van der Waals surface area (Å²) in [5, 5.41) is 0.662. The van der Waals surface area contributed by atoms with Crippen molar-refractivity contribution in [2.24, 2.45) is 5.84 Å². The van der Waals surface area contributed by atoms with Crippen LogP contribution in [0.4, 0.5) is 0 Å². The monoisotopic (exact) mass is 291 g/mol. The van der Waals surface area contributed by atoms with Crippen LogP contribution in [-0.2, 0) is 0 Å². The van der Waals surface area contributed by atoms with Crippen molar-refractivity contribution in [3.8, 4) is 5.75 Å². The van der Waals surface area contributed by atoms with Gasteiger partial charge >= 0.3 is 0 Å². The van der Waals surface area contributed by atoms with Crippen LogP contribution >= 0.6 is 11.6 Å². The predicted octanol–water partition coefficient (Wildman–Crippen LogP) is 3.08. The zero-order valence-electron chi connectivity index (χ0n) is 11.3. The maximum Gasteiger partial charge on any atom is 0.137 e. The molecule has 0 aliphatic heterocycles. The molecule has 1 unspecified atom stereocenters. The number of nitrogens with two attached hydrogens (primary N) is 1. The number of hydrogen-bond acceptors (Lipinski definition) is 4. The molecule has 0 aliphatic carbocycles. The highest BCUT2D eigenvalue weighted by molar-refractivity contribution is 6.31. The highest BCUT2D eigenvalue weighted by Crippen LogP contribution is 2.28. The van der Waals surface area contributed by atoms with Crippen molar-refractivity contribution < 1.29 is 4.74 Å². The van der Waals surface area contributed by atoms with E-state index in [1.165, 1.54) is 0 Å². The average molecular weight is 292 g/mol. The highest BCUT2D eigenvalue weighted by atomic mass is 35.5. The van der Waals surface area contributed by atoms with Crippen LogP contribution in [0.2, 0.25) is 5.02 Å². The molecule has 0 bridgehead atoms. The summed E-state index contributed by atoms with van der Waals surface area (Å²) in [6, 6.07) is 9.30. The fourth-order valence-corrected chi connectivity index (χ4v) is 2.21. The molecule has 20 heavy (non-hydrogen) atoms. The molecule has 2 rings (SSSR count). The van der Waals surface area contributed by atoms with Gasteiger partial charge in [-0.05, 0) is 29.7 Å². The molecule has 3 N–H and O–H groups in total. The van der Waals surface area contributed by atoms with Gasteiger partial charge in [-0.2, -0.15) is 0 Å². The summed E-state index contributed by atoms with van der Waals surface area (Å²) in [6.45, 7) is 2.73. The molecule has 0 saturated carbocycles. The molecule has 1 aromatic heterocycles. The van der Waals surface area contributed by atoms with Crippen molar-refractivity contribution in [1.29, 1.82) is 0 Å². The van der Waals surface area contributed by atoms with E-state index in [0.717, 1.165) is 23.3 Å². The largest absolute Gasteiger partial charge is 0.492 e. The summed E-state index contributed by atoms with van der Waals surface area (Å²) in [4.78, 5) is 4.20. The zero-order valence-corrected chi connectivity index (χ0v) is 12.1. The molecule has 1 heterocycles. The molecular weight excluding hydrogens is 274 g/mol. The van der Waals surface area contributed by atoms with E-state index in [0.29, 0.717) is 11.6 Å². The fourth-order valence-electron chi connectivity index (χ4n) is 1.97. The lowest BCUT2D eigenvalue weighted by molar-refractivity contribution is 0.315.